The molecule has 146 valence electrons. The smallest absolute Gasteiger partial charge is 0.333 e. The molecule has 0 aromatic heterocycles. The summed E-state index contributed by atoms with van der Waals surface area (Å²) in [5.74, 6) is -0.230. The van der Waals surface area contributed by atoms with Crippen molar-refractivity contribution < 1.29 is 19.1 Å². The first-order valence-electron chi connectivity index (χ1n) is 9.07. The molecule has 0 aliphatic carbocycles. The van der Waals surface area contributed by atoms with Crippen molar-refractivity contribution in [3.8, 4) is 0 Å². The van der Waals surface area contributed by atoms with Gasteiger partial charge in [0.1, 0.15) is 6.54 Å². The Labute approximate surface area is 164 Å². The minimum absolute atomic E-state index is 0.0939. The van der Waals surface area contributed by atoms with Gasteiger partial charge in [-0.2, -0.15) is 0 Å². The van der Waals surface area contributed by atoms with E-state index in [1.54, 1.807) is 6.92 Å². The van der Waals surface area contributed by atoms with Crippen LogP contribution in [0, 0.1) is 0 Å². The molecule has 7 heteroatoms. The molecule has 1 saturated heterocycles. The van der Waals surface area contributed by atoms with Crippen molar-refractivity contribution in [2.45, 2.75) is 33.1 Å². The standard InChI is InChI=1S/C20H26N2O4S/c1-4-26-20(25)11-19-22(18(24)13-27-19)12-17(23)21-10-9-15-5-7-16(8-6-15)14(2)3/h5-8,11,14H,4,9-10,12-13H2,1-3H3,(H,21,23). The molecule has 2 amide bonds. The van der Waals surface area contributed by atoms with Crippen LogP contribution in [-0.4, -0.2) is 48.1 Å². The summed E-state index contributed by atoms with van der Waals surface area (Å²) in [5.41, 5.74) is 2.43. The Morgan fingerprint density at radius 1 is 1.30 bits per heavy atom. The van der Waals surface area contributed by atoms with Crippen LogP contribution in [-0.2, 0) is 25.5 Å². The molecule has 0 atom stereocenters. The summed E-state index contributed by atoms with van der Waals surface area (Å²) >= 11 is 1.24. The summed E-state index contributed by atoms with van der Waals surface area (Å²) in [6.45, 7) is 6.68. The molecule has 1 fully saturated rings. The zero-order valence-electron chi connectivity index (χ0n) is 16.0. The van der Waals surface area contributed by atoms with Crippen LogP contribution in [0.3, 0.4) is 0 Å². The predicted octanol–water partition coefficient (Wildman–Crippen LogP) is 2.45. The average Bonchev–Trinajstić information content (AvgIpc) is 2.95. The van der Waals surface area contributed by atoms with Gasteiger partial charge < -0.3 is 10.1 Å². The topological polar surface area (TPSA) is 75.7 Å². The molecule has 0 radical (unpaired) electrons. The molecule has 0 spiro atoms. The van der Waals surface area contributed by atoms with E-state index in [1.165, 1.54) is 28.3 Å². The third-order valence-corrected chi connectivity index (χ3v) is 5.15. The molecular weight excluding hydrogens is 364 g/mol. The predicted molar refractivity (Wildman–Crippen MR) is 106 cm³/mol. The summed E-state index contributed by atoms with van der Waals surface area (Å²) in [7, 11) is 0. The molecule has 1 aromatic carbocycles. The number of carbonyl (C=O) groups excluding carboxylic acids is 3. The summed E-state index contributed by atoms with van der Waals surface area (Å²) < 4.78 is 4.86. The summed E-state index contributed by atoms with van der Waals surface area (Å²) in [4.78, 5) is 37.1. The molecule has 0 unspecified atom stereocenters. The first-order chi connectivity index (χ1) is 12.9. The maximum atomic E-state index is 12.2. The lowest BCUT2D eigenvalue weighted by molar-refractivity contribution is -0.137. The molecule has 1 N–H and O–H groups in total. The zero-order valence-corrected chi connectivity index (χ0v) is 16.8. The van der Waals surface area contributed by atoms with Crippen LogP contribution in [0.4, 0.5) is 0 Å². The number of benzene rings is 1. The van der Waals surface area contributed by atoms with Gasteiger partial charge in [0.15, 0.2) is 0 Å². The number of ether oxygens (including phenoxy) is 1. The van der Waals surface area contributed by atoms with Gasteiger partial charge in [-0.05, 0) is 30.4 Å². The maximum absolute atomic E-state index is 12.2. The Balaban J connectivity index is 1.83. The van der Waals surface area contributed by atoms with E-state index in [-0.39, 0.29) is 30.7 Å². The number of nitrogens with one attached hydrogen (secondary N) is 1. The fourth-order valence-electron chi connectivity index (χ4n) is 2.60. The number of amides is 2. The number of esters is 1. The fraction of sp³-hybridized carbons (Fsp3) is 0.450. The van der Waals surface area contributed by atoms with E-state index in [0.29, 0.717) is 17.5 Å². The molecule has 27 heavy (non-hydrogen) atoms. The zero-order chi connectivity index (χ0) is 19.8. The van der Waals surface area contributed by atoms with E-state index in [0.717, 1.165) is 12.0 Å². The van der Waals surface area contributed by atoms with Crippen LogP contribution in [0.2, 0.25) is 0 Å². The van der Waals surface area contributed by atoms with Crippen molar-refractivity contribution in [3.05, 3.63) is 46.5 Å². The fourth-order valence-corrected chi connectivity index (χ4v) is 3.53. The number of carbonyl (C=O) groups is 3. The van der Waals surface area contributed by atoms with Crippen molar-refractivity contribution >= 4 is 29.5 Å². The molecule has 0 bridgehead atoms. The quantitative estimate of drug-likeness (QED) is 0.545. The van der Waals surface area contributed by atoms with Crippen molar-refractivity contribution in [1.82, 2.24) is 10.2 Å². The lowest BCUT2D eigenvalue weighted by Crippen LogP contribution is -2.38. The van der Waals surface area contributed by atoms with Gasteiger partial charge in [-0.3, -0.25) is 14.5 Å². The Hall–Kier alpha value is -2.28. The Kier molecular flexibility index (Phi) is 7.91. The maximum Gasteiger partial charge on any atom is 0.333 e. The monoisotopic (exact) mass is 390 g/mol. The Morgan fingerprint density at radius 3 is 2.63 bits per heavy atom. The van der Waals surface area contributed by atoms with Gasteiger partial charge in [-0.25, -0.2) is 4.79 Å². The second-order valence-corrected chi connectivity index (χ2v) is 7.50. The van der Waals surface area contributed by atoms with Crippen molar-refractivity contribution in [2.24, 2.45) is 0 Å². The highest BCUT2D eigenvalue weighted by molar-refractivity contribution is 8.04. The highest BCUT2D eigenvalue weighted by Gasteiger charge is 2.29. The summed E-state index contributed by atoms with van der Waals surface area (Å²) in [6, 6.07) is 8.35. The van der Waals surface area contributed by atoms with Gasteiger partial charge in [0.2, 0.25) is 11.8 Å². The molecule has 1 heterocycles. The number of thioether (sulfide) groups is 1. The molecule has 1 aliphatic heterocycles. The number of hydrogen-bond acceptors (Lipinski definition) is 5. The molecular formula is C20H26N2O4S. The Morgan fingerprint density at radius 2 is 2.00 bits per heavy atom. The lowest BCUT2D eigenvalue weighted by Gasteiger charge is -2.16. The average molecular weight is 391 g/mol. The molecule has 2 rings (SSSR count). The second-order valence-electron chi connectivity index (χ2n) is 6.50. The molecule has 1 aliphatic rings. The van der Waals surface area contributed by atoms with Gasteiger partial charge in [0, 0.05) is 6.54 Å². The first-order valence-corrected chi connectivity index (χ1v) is 10.1. The number of hydrogen-bond donors (Lipinski definition) is 1. The van der Waals surface area contributed by atoms with Gasteiger partial charge in [0.25, 0.3) is 0 Å². The van der Waals surface area contributed by atoms with E-state index >= 15 is 0 Å². The van der Waals surface area contributed by atoms with Crippen molar-refractivity contribution in [3.63, 3.8) is 0 Å². The van der Waals surface area contributed by atoms with E-state index < -0.39 is 5.97 Å². The van der Waals surface area contributed by atoms with Gasteiger partial charge in [0.05, 0.1) is 23.5 Å². The summed E-state index contributed by atoms with van der Waals surface area (Å²) in [5, 5.41) is 3.29. The minimum atomic E-state index is -0.509. The van der Waals surface area contributed by atoms with Gasteiger partial charge in [-0.15, -0.1) is 0 Å². The molecule has 0 saturated carbocycles. The van der Waals surface area contributed by atoms with Crippen LogP contribution in [0.5, 0.6) is 0 Å². The lowest BCUT2D eigenvalue weighted by atomic mass is 10.0. The first kappa shape index (κ1) is 21.0. The normalized spacial score (nSPS) is 15.5. The van der Waals surface area contributed by atoms with E-state index in [4.69, 9.17) is 4.74 Å². The van der Waals surface area contributed by atoms with Crippen LogP contribution in [0.25, 0.3) is 0 Å². The number of nitrogens with zero attached hydrogens (tertiary/aromatic N) is 1. The largest absolute Gasteiger partial charge is 0.463 e. The van der Waals surface area contributed by atoms with Crippen LogP contribution in [0.1, 0.15) is 37.8 Å². The van der Waals surface area contributed by atoms with Gasteiger partial charge in [-0.1, -0.05) is 49.9 Å². The van der Waals surface area contributed by atoms with Crippen LogP contribution in [0.15, 0.2) is 35.4 Å². The third kappa shape index (κ3) is 6.43. The third-order valence-electron chi connectivity index (χ3n) is 4.12. The van der Waals surface area contributed by atoms with Crippen molar-refractivity contribution in [1.29, 1.82) is 0 Å². The summed E-state index contributed by atoms with van der Waals surface area (Å²) in [6.07, 6.45) is 1.99. The Bertz CT molecular complexity index is 713. The molecule has 6 nitrogen and oxygen atoms in total. The van der Waals surface area contributed by atoms with E-state index in [1.807, 2.05) is 0 Å². The van der Waals surface area contributed by atoms with Gasteiger partial charge >= 0.3 is 5.97 Å². The van der Waals surface area contributed by atoms with E-state index in [2.05, 4.69) is 43.4 Å². The van der Waals surface area contributed by atoms with Crippen LogP contribution >= 0.6 is 11.8 Å². The van der Waals surface area contributed by atoms with Crippen LogP contribution < -0.4 is 5.32 Å². The highest BCUT2D eigenvalue weighted by atomic mass is 32.2. The molecule has 1 aromatic rings. The second kappa shape index (κ2) is 10.2. The number of rotatable bonds is 8. The van der Waals surface area contributed by atoms with Crippen molar-refractivity contribution in [2.75, 3.05) is 25.4 Å². The van der Waals surface area contributed by atoms with E-state index in [9.17, 15) is 14.4 Å². The highest BCUT2D eigenvalue weighted by Crippen LogP contribution is 2.28. The minimum Gasteiger partial charge on any atom is -0.463 e. The SMILES string of the molecule is CCOC(=O)C=C1SCC(=O)N1CC(=O)NCCc1ccc(C(C)C)cc1.